The van der Waals surface area contributed by atoms with Crippen molar-refractivity contribution in [1.82, 2.24) is 9.97 Å². The number of nitrogens with one attached hydrogen (secondary N) is 1. The number of nitrogens with zero attached hydrogens (tertiary/aromatic N) is 1. The lowest BCUT2D eigenvalue weighted by Gasteiger charge is -2.14. The van der Waals surface area contributed by atoms with E-state index >= 15 is 0 Å². The number of hydrogen-bond donors (Lipinski definition) is 1. The van der Waals surface area contributed by atoms with Crippen LogP contribution >= 0.6 is 0 Å². The van der Waals surface area contributed by atoms with Crippen LogP contribution in [0.3, 0.4) is 0 Å². The number of aromatic nitrogens is 2. The number of Topliss-reactive ketones (excluding diaryl/α,β-unsaturated/α-hetero) is 1. The summed E-state index contributed by atoms with van der Waals surface area (Å²) in [6, 6.07) is 12.0. The van der Waals surface area contributed by atoms with Crippen molar-refractivity contribution in [3.8, 4) is 11.6 Å². The van der Waals surface area contributed by atoms with Crippen LogP contribution in [-0.2, 0) is 9.47 Å². The molecule has 1 atom stereocenters. The maximum atomic E-state index is 12.9. The SMILES string of the molecule is COC(=O)c1c(C)[nH]c(C(=O)C(C)OC(=O)c2cccnc2Oc2ccccc2)c1C. The fraction of sp³-hybridized carbons (Fsp3) is 0.217. The number of hydrogen-bond acceptors (Lipinski definition) is 7. The molecule has 0 saturated heterocycles. The average molecular weight is 422 g/mol. The Hall–Kier alpha value is -3.94. The summed E-state index contributed by atoms with van der Waals surface area (Å²) < 4.78 is 15.8. The van der Waals surface area contributed by atoms with Crippen LogP contribution in [0.1, 0.15) is 49.4 Å². The fourth-order valence-corrected chi connectivity index (χ4v) is 3.11. The zero-order chi connectivity index (χ0) is 22.5. The van der Waals surface area contributed by atoms with Crippen LogP contribution in [0.5, 0.6) is 11.6 Å². The summed E-state index contributed by atoms with van der Waals surface area (Å²) in [5.74, 6) is -1.20. The third kappa shape index (κ3) is 4.63. The van der Waals surface area contributed by atoms with Crippen LogP contribution in [-0.4, -0.2) is 40.9 Å². The number of rotatable bonds is 7. The second kappa shape index (κ2) is 9.25. The monoisotopic (exact) mass is 422 g/mol. The molecule has 160 valence electrons. The van der Waals surface area contributed by atoms with E-state index in [4.69, 9.17) is 14.2 Å². The van der Waals surface area contributed by atoms with Gasteiger partial charge in [-0.1, -0.05) is 18.2 Å². The van der Waals surface area contributed by atoms with Crippen molar-refractivity contribution in [2.24, 2.45) is 0 Å². The van der Waals surface area contributed by atoms with Gasteiger partial charge in [0.2, 0.25) is 11.7 Å². The van der Waals surface area contributed by atoms with Crippen LogP contribution in [0, 0.1) is 13.8 Å². The van der Waals surface area contributed by atoms with E-state index in [0.717, 1.165) is 0 Å². The summed E-state index contributed by atoms with van der Waals surface area (Å²) in [4.78, 5) is 44.5. The van der Waals surface area contributed by atoms with Crippen LogP contribution in [0.25, 0.3) is 0 Å². The molecule has 8 heteroatoms. The van der Waals surface area contributed by atoms with Gasteiger partial charge in [0.15, 0.2) is 6.10 Å². The highest BCUT2D eigenvalue weighted by Gasteiger charge is 2.28. The molecule has 2 heterocycles. The van der Waals surface area contributed by atoms with E-state index in [1.165, 1.54) is 26.3 Å². The van der Waals surface area contributed by atoms with Gasteiger partial charge in [-0.3, -0.25) is 4.79 Å². The van der Waals surface area contributed by atoms with Crippen molar-refractivity contribution in [1.29, 1.82) is 0 Å². The van der Waals surface area contributed by atoms with Gasteiger partial charge in [-0.25, -0.2) is 14.6 Å². The van der Waals surface area contributed by atoms with E-state index in [0.29, 0.717) is 17.0 Å². The minimum absolute atomic E-state index is 0.0678. The molecule has 0 aliphatic heterocycles. The molecule has 0 aliphatic carbocycles. The first-order chi connectivity index (χ1) is 14.8. The number of para-hydroxylation sites is 1. The summed E-state index contributed by atoms with van der Waals surface area (Å²) in [6.07, 6.45) is 0.378. The molecule has 3 rings (SSSR count). The molecule has 0 fully saturated rings. The van der Waals surface area contributed by atoms with E-state index in [1.807, 2.05) is 6.07 Å². The fourth-order valence-electron chi connectivity index (χ4n) is 3.11. The highest BCUT2D eigenvalue weighted by molar-refractivity contribution is 6.04. The number of carbonyl (C=O) groups excluding carboxylic acids is 3. The maximum Gasteiger partial charge on any atom is 0.344 e. The predicted octanol–water partition coefficient (Wildman–Crippen LogP) is 4.03. The lowest BCUT2D eigenvalue weighted by atomic mass is 10.1. The Balaban J connectivity index is 1.79. The van der Waals surface area contributed by atoms with Gasteiger partial charge in [0.05, 0.1) is 18.4 Å². The molecule has 0 spiro atoms. The second-order valence-electron chi connectivity index (χ2n) is 6.80. The number of esters is 2. The van der Waals surface area contributed by atoms with E-state index < -0.39 is 23.8 Å². The largest absolute Gasteiger partial charge is 0.465 e. The summed E-state index contributed by atoms with van der Waals surface area (Å²) in [7, 11) is 1.27. The molecule has 0 saturated carbocycles. The number of aromatic amines is 1. The molecule has 8 nitrogen and oxygen atoms in total. The molecule has 0 amide bonds. The maximum absolute atomic E-state index is 12.9. The molecule has 2 aromatic heterocycles. The van der Waals surface area contributed by atoms with E-state index in [2.05, 4.69) is 9.97 Å². The standard InChI is InChI=1S/C23H22N2O6/c1-13-18(23(28)29-4)14(2)25-19(13)20(26)15(3)30-22(27)17-11-8-12-24-21(17)31-16-9-6-5-7-10-16/h5-12,15,25H,1-4H3. The first kappa shape index (κ1) is 21.8. The molecular weight excluding hydrogens is 400 g/mol. The molecule has 3 aromatic rings. The normalized spacial score (nSPS) is 11.5. The molecule has 1 N–H and O–H groups in total. The van der Waals surface area contributed by atoms with Crippen molar-refractivity contribution in [2.75, 3.05) is 7.11 Å². The van der Waals surface area contributed by atoms with Crippen molar-refractivity contribution in [3.05, 3.63) is 76.7 Å². The summed E-state index contributed by atoms with van der Waals surface area (Å²) in [5, 5.41) is 0. The van der Waals surface area contributed by atoms with Gasteiger partial charge in [0, 0.05) is 11.9 Å². The van der Waals surface area contributed by atoms with Crippen LogP contribution in [0.4, 0.5) is 0 Å². The van der Waals surface area contributed by atoms with Gasteiger partial charge in [0.1, 0.15) is 11.3 Å². The molecule has 1 aromatic carbocycles. The minimum Gasteiger partial charge on any atom is -0.465 e. The highest BCUT2D eigenvalue weighted by Crippen LogP contribution is 2.25. The lowest BCUT2D eigenvalue weighted by Crippen LogP contribution is -2.25. The Morgan fingerprint density at radius 2 is 1.71 bits per heavy atom. The lowest BCUT2D eigenvalue weighted by molar-refractivity contribution is 0.0313. The molecule has 0 bridgehead atoms. The number of ether oxygens (including phenoxy) is 3. The molecule has 1 unspecified atom stereocenters. The van der Waals surface area contributed by atoms with E-state index in [9.17, 15) is 14.4 Å². The summed E-state index contributed by atoms with van der Waals surface area (Å²) in [5.41, 5.74) is 1.49. The zero-order valence-corrected chi connectivity index (χ0v) is 17.6. The first-order valence-corrected chi connectivity index (χ1v) is 9.54. The molecular formula is C23H22N2O6. The zero-order valence-electron chi connectivity index (χ0n) is 17.6. The van der Waals surface area contributed by atoms with E-state index in [1.54, 1.807) is 44.2 Å². The Kier molecular flexibility index (Phi) is 6.49. The number of methoxy groups -OCH3 is 1. The number of carbonyl (C=O) groups is 3. The smallest absolute Gasteiger partial charge is 0.344 e. The third-order valence-electron chi connectivity index (χ3n) is 4.68. The van der Waals surface area contributed by atoms with Crippen LogP contribution in [0.2, 0.25) is 0 Å². The molecule has 31 heavy (non-hydrogen) atoms. The third-order valence-corrected chi connectivity index (χ3v) is 4.68. The molecule has 0 radical (unpaired) electrons. The highest BCUT2D eigenvalue weighted by atomic mass is 16.5. The van der Waals surface area contributed by atoms with Gasteiger partial charge in [-0.15, -0.1) is 0 Å². The van der Waals surface area contributed by atoms with Crippen molar-refractivity contribution >= 4 is 17.7 Å². The van der Waals surface area contributed by atoms with Gasteiger partial charge in [-0.2, -0.15) is 0 Å². The minimum atomic E-state index is -1.11. The van der Waals surface area contributed by atoms with Crippen molar-refractivity contribution in [3.63, 3.8) is 0 Å². The molecule has 0 aliphatic rings. The Morgan fingerprint density at radius 1 is 1.00 bits per heavy atom. The van der Waals surface area contributed by atoms with Crippen molar-refractivity contribution in [2.45, 2.75) is 26.9 Å². The number of H-pyrrole nitrogens is 1. The number of pyridine rings is 1. The second-order valence-corrected chi connectivity index (χ2v) is 6.80. The number of aryl methyl sites for hydroxylation is 1. The van der Waals surface area contributed by atoms with Crippen LogP contribution < -0.4 is 4.74 Å². The van der Waals surface area contributed by atoms with Gasteiger partial charge in [-0.05, 0) is 50.6 Å². The Morgan fingerprint density at radius 3 is 2.39 bits per heavy atom. The van der Waals surface area contributed by atoms with Crippen molar-refractivity contribution < 1.29 is 28.6 Å². The Labute approximate surface area is 179 Å². The van der Waals surface area contributed by atoms with Gasteiger partial charge in [0.25, 0.3) is 0 Å². The first-order valence-electron chi connectivity index (χ1n) is 9.54. The Bertz CT molecular complexity index is 1120. The topological polar surface area (TPSA) is 108 Å². The van der Waals surface area contributed by atoms with E-state index in [-0.39, 0.29) is 22.7 Å². The van der Waals surface area contributed by atoms with Gasteiger partial charge >= 0.3 is 11.9 Å². The van der Waals surface area contributed by atoms with Crippen LogP contribution in [0.15, 0.2) is 48.7 Å². The average Bonchev–Trinajstić information content (AvgIpc) is 3.07. The number of benzene rings is 1. The van der Waals surface area contributed by atoms with Gasteiger partial charge < -0.3 is 19.2 Å². The summed E-state index contributed by atoms with van der Waals surface area (Å²) >= 11 is 0. The predicted molar refractivity (Wildman–Crippen MR) is 112 cm³/mol. The summed E-state index contributed by atoms with van der Waals surface area (Å²) in [6.45, 7) is 4.75. The number of ketones is 1. The quantitative estimate of drug-likeness (QED) is 0.452.